The zero-order valence-corrected chi connectivity index (χ0v) is 10.2. The van der Waals surface area contributed by atoms with E-state index in [1.165, 1.54) is 0 Å². The summed E-state index contributed by atoms with van der Waals surface area (Å²) in [7, 11) is 0. The molecule has 0 atom stereocenters. The van der Waals surface area contributed by atoms with Gasteiger partial charge in [-0.15, -0.1) is 0 Å². The second-order valence-corrected chi connectivity index (χ2v) is 3.55. The fourth-order valence-corrected chi connectivity index (χ4v) is 0.916. The van der Waals surface area contributed by atoms with Crippen molar-refractivity contribution in [1.82, 2.24) is 0 Å². The van der Waals surface area contributed by atoms with Crippen molar-refractivity contribution >= 4 is 23.9 Å². The summed E-state index contributed by atoms with van der Waals surface area (Å²) in [6, 6.07) is 0. The van der Waals surface area contributed by atoms with Crippen LogP contribution in [0.2, 0.25) is 0 Å². The molecule has 8 nitrogen and oxygen atoms in total. The van der Waals surface area contributed by atoms with E-state index in [1.54, 1.807) is 0 Å². The molecular weight excluding hydrogens is 260 g/mol. The molecule has 0 fully saturated rings. The zero-order chi connectivity index (χ0) is 15.3. The van der Waals surface area contributed by atoms with Crippen LogP contribution in [0.5, 0.6) is 0 Å². The summed E-state index contributed by atoms with van der Waals surface area (Å²) in [6.45, 7) is 0. The van der Waals surface area contributed by atoms with Crippen LogP contribution in [0.1, 0.15) is 44.9 Å². The summed E-state index contributed by atoms with van der Waals surface area (Å²) in [5.74, 6) is -4.73. The van der Waals surface area contributed by atoms with Crippen LogP contribution in [0.15, 0.2) is 0 Å². The Bertz CT molecular complexity index is 280. The molecule has 0 rings (SSSR count). The second kappa shape index (κ2) is 12.3. The van der Waals surface area contributed by atoms with Crippen molar-refractivity contribution in [3.05, 3.63) is 0 Å². The van der Waals surface area contributed by atoms with Crippen molar-refractivity contribution in [3.8, 4) is 0 Å². The quantitative estimate of drug-likeness (QED) is 0.381. The second-order valence-electron chi connectivity index (χ2n) is 3.55. The fourth-order valence-electron chi connectivity index (χ4n) is 0.916. The van der Waals surface area contributed by atoms with Crippen LogP contribution in [0.25, 0.3) is 0 Å². The lowest BCUT2D eigenvalue weighted by Gasteiger charge is -2.01. The number of unbranched alkanes of at least 4 members (excludes halogenated alkanes) is 1. The molecule has 8 heteroatoms. The maximum Gasteiger partial charge on any atom is 0.0414 e. The van der Waals surface area contributed by atoms with Crippen LogP contribution in [-0.2, 0) is 19.2 Å². The van der Waals surface area contributed by atoms with Crippen molar-refractivity contribution in [2.24, 2.45) is 0 Å². The predicted molar refractivity (Wildman–Crippen MR) is 52.3 cm³/mol. The van der Waals surface area contributed by atoms with Crippen molar-refractivity contribution in [2.75, 3.05) is 0 Å². The normalized spacial score (nSPS) is 9.05. The zero-order valence-electron chi connectivity index (χ0n) is 10.2. The highest BCUT2D eigenvalue weighted by Crippen LogP contribution is 1.96. The van der Waals surface area contributed by atoms with Crippen LogP contribution in [-0.4, -0.2) is 23.9 Å². The van der Waals surface area contributed by atoms with E-state index < -0.39 is 23.9 Å². The van der Waals surface area contributed by atoms with Gasteiger partial charge < -0.3 is 39.6 Å². The molecule has 0 bridgehead atoms. The molecule has 0 aromatic heterocycles. The van der Waals surface area contributed by atoms with Gasteiger partial charge in [-0.3, -0.25) is 0 Å². The number of hydrogen-bond acceptors (Lipinski definition) is 8. The van der Waals surface area contributed by atoms with Gasteiger partial charge in [0.2, 0.25) is 0 Å². The first-order valence-electron chi connectivity index (χ1n) is 5.55. The van der Waals surface area contributed by atoms with Crippen LogP contribution in [0.4, 0.5) is 0 Å². The third-order valence-electron chi connectivity index (χ3n) is 1.77. The number of carboxylic acid groups (broad SMARTS) is 4. The van der Waals surface area contributed by atoms with Crippen molar-refractivity contribution in [2.45, 2.75) is 44.9 Å². The van der Waals surface area contributed by atoms with Gasteiger partial charge in [-0.1, -0.05) is 0 Å². The minimum atomic E-state index is -1.23. The van der Waals surface area contributed by atoms with Gasteiger partial charge in [-0.05, 0) is 44.9 Å². The molecule has 0 unspecified atom stereocenters. The van der Waals surface area contributed by atoms with E-state index in [2.05, 4.69) is 0 Å². The number of carbonyl (C=O) groups is 4. The lowest BCUT2D eigenvalue weighted by molar-refractivity contribution is -0.309. The van der Waals surface area contributed by atoms with E-state index in [4.69, 9.17) is 0 Å². The van der Waals surface area contributed by atoms with E-state index in [0.29, 0.717) is 12.8 Å². The molecule has 0 radical (unpaired) electrons. The summed E-state index contributed by atoms with van der Waals surface area (Å²) in [6.07, 6.45) is 0.194. The third kappa shape index (κ3) is 25.8. The van der Waals surface area contributed by atoms with E-state index in [-0.39, 0.29) is 32.1 Å². The molecule has 0 aromatic carbocycles. The van der Waals surface area contributed by atoms with Crippen molar-refractivity contribution < 1.29 is 39.6 Å². The molecule has 0 aliphatic rings. The molecule has 0 aliphatic heterocycles. The van der Waals surface area contributed by atoms with E-state index in [0.717, 1.165) is 0 Å². The molecule has 0 amide bonds. The summed E-state index contributed by atoms with van der Waals surface area (Å²) in [4.78, 5) is 38.9. The third-order valence-corrected chi connectivity index (χ3v) is 1.77. The highest BCUT2D eigenvalue weighted by molar-refractivity contribution is 5.67. The molecule has 0 saturated heterocycles. The Hall–Kier alpha value is -2.12. The summed E-state index contributed by atoms with van der Waals surface area (Å²) >= 11 is 0. The van der Waals surface area contributed by atoms with Gasteiger partial charge in [-0.25, -0.2) is 0 Å². The monoisotopic (exact) mass is 274 g/mol. The van der Waals surface area contributed by atoms with Crippen LogP contribution < -0.4 is 20.4 Å². The standard InChI is InChI=1S/C6H10O4.C5H8O4/c7-5(8)3-1-2-4-6(9)10;6-4(7)2-1-3-5(8)9/h1-4H2,(H,7,8)(H,9,10);1-3H2,(H,6,7)(H,8,9)/p-4. The summed E-state index contributed by atoms with van der Waals surface area (Å²) in [5.41, 5.74) is 0. The molecule has 110 valence electrons. The lowest BCUT2D eigenvalue weighted by Crippen LogP contribution is -2.25. The van der Waals surface area contributed by atoms with Crippen LogP contribution >= 0.6 is 0 Å². The molecule has 0 aliphatic carbocycles. The van der Waals surface area contributed by atoms with Crippen molar-refractivity contribution in [1.29, 1.82) is 0 Å². The Morgan fingerprint density at radius 2 is 0.684 bits per heavy atom. The topological polar surface area (TPSA) is 161 Å². The Kier molecular flexibility index (Phi) is 12.5. The van der Waals surface area contributed by atoms with Gasteiger partial charge in [-0.2, -0.15) is 0 Å². The first-order valence-corrected chi connectivity index (χ1v) is 5.55. The molecule has 0 aromatic rings. The SMILES string of the molecule is O=C([O-])CCCC(=O)[O-].O=C([O-])CCCCC(=O)[O-]. The molecule has 0 heterocycles. The number of hydrogen-bond donors (Lipinski definition) is 0. The predicted octanol–water partition coefficient (Wildman–Crippen LogP) is -4.30. The maximum atomic E-state index is 9.77. The number of rotatable bonds is 9. The molecule has 0 N–H and O–H groups in total. The number of aliphatic carboxylic acids is 4. The average Bonchev–Trinajstić information content (AvgIpc) is 2.23. The van der Waals surface area contributed by atoms with Gasteiger partial charge in [0.05, 0.1) is 0 Å². The lowest BCUT2D eigenvalue weighted by atomic mass is 10.2. The first kappa shape index (κ1) is 19.2. The first-order chi connectivity index (χ1) is 8.75. The molecular formula is C11H14O8-4. The number of carboxylic acids is 4. The van der Waals surface area contributed by atoms with Gasteiger partial charge in [0.25, 0.3) is 0 Å². The van der Waals surface area contributed by atoms with Gasteiger partial charge in [0.1, 0.15) is 0 Å². The van der Waals surface area contributed by atoms with Crippen molar-refractivity contribution in [3.63, 3.8) is 0 Å². The molecule has 19 heavy (non-hydrogen) atoms. The summed E-state index contributed by atoms with van der Waals surface area (Å²) < 4.78 is 0. The maximum absolute atomic E-state index is 9.77. The van der Waals surface area contributed by atoms with E-state index >= 15 is 0 Å². The number of carbonyl (C=O) groups excluding carboxylic acids is 4. The van der Waals surface area contributed by atoms with E-state index in [1.807, 2.05) is 0 Å². The fraction of sp³-hybridized carbons (Fsp3) is 0.636. The minimum Gasteiger partial charge on any atom is -0.550 e. The smallest absolute Gasteiger partial charge is 0.0414 e. The largest absolute Gasteiger partial charge is 0.550 e. The van der Waals surface area contributed by atoms with Crippen LogP contribution in [0.3, 0.4) is 0 Å². The van der Waals surface area contributed by atoms with Gasteiger partial charge >= 0.3 is 0 Å². The van der Waals surface area contributed by atoms with Gasteiger partial charge in [0.15, 0.2) is 0 Å². The summed E-state index contributed by atoms with van der Waals surface area (Å²) in [5, 5.41) is 38.9. The Morgan fingerprint density at radius 3 is 0.895 bits per heavy atom. The molecule has 0 spiro atoms. The van der Waals surface area contributed by atoms with E-state index in [9.17, 15) is 39.6 Å². The Morgan fingerprint density at radius 1 is 0.474 bits per heavy atom. The highest BCUT2D eigenvalue weighted by Gasteiger charge is 1.89. The highest BCUT2D eigenvalue weighted by atomic mass is 16.4. The minimum absolute atomic E-state index is 0.0761. The Balaban J connectivity index is 0. The van der Waals surface area contributed by atoms with Crippen LogP contribution in [0, 0.1) is 0 Å². The average molecular weight is 274 g/mol. The molecule has 0 saturated carbocycles. The van der Waals surface area contributed by atoms with Gasteiger partial charge in [0, 0.05) is 23.9 Å². The Labute approximate surface area is 109 Å².